The second kappa shape index (κ2) is 9.39. The molecule has 0 aromatic heterocycles. The van der Waals surface area contributed by atoms with E-state index in [1.165, 1.54) is 4.90 Å². The van der Waals surface area contributed by atoms with Gasteiger partial charge in [0.1, 0.15) is 18.0 Å². The summed E-state index contributed by atoms with van der Waals surface area (Å²) in [7, 11) is 0. The normalized spacial score (nSPS) is 17.5. The Morgan fingerprint density at radius 2 is 1.87 bits per heavy atom. The number of anilines is 1. The van der Waals surface area contributed by atoms with Crippen molar-refractivity contribution in [3.05, 3.63) is 54.1 Å². The van der Waals surface area contributed by atoms with E-state index in [0.29, 0.717) is 37.8 Å². The van der Waals surface area contributed by atoms with E-state index < -0.39 is 0 Å². The topological polar surface area (TPSA) is 77.1 Å². The Kier molecular flexibility index (Phi) is 6.42. The fraction of sp³-hybridized carbons (Fsp3) is 0.417. The molecule has 0 unspecified atom stereocenters. The molecule has 2 aliphatic heterocycles. The quantitative estimate of drug-likeness (QED) is 0.740. The summed E-state index contributed by atoms with van der Waals surface area (Å²) >= 11 is 0. The maximum atomic E-state index is 12.8. The van der Waals surface area contributed by atoms with E-state index in [1.54, 1.807) is 12.1 Å². The van der Waals surface area contributed by atoms with Gasteiger partial charge in [-0.15, -0.1) is 0 Å². The first-order valence-electron chi connectivity index (χ1n) is 10.7. The zero-order valence-corrected chi connectivity index (χ0v) is 17.8. The first kappa shape index (κ1) is 21.2. The minimum atomic E-state index is -0.221. The number of hydrogen-bond acceptors (Lipinski definition) is 5. The summed E-state index contributed by atoms with van der Waals surface area (Å²) < 4.78 is 16.6. The molecule has 0 spiro atoms. The average Bonchev–Trinajstić information content (AvgIpc) is 2.81. The molecular weight excluding hydrogens is 396 g/mol. The van der Waals surface area contributed by atoms with E-state index in [2.05, 4.69) is 17.4 Å². The summed E-state index contributed by atoms with van der Waals surface area (Å²) in [5.74, 6) is 1.04. The van der Waals surface area contributed by atoms with E-state index in [9.17, 15) is 9.59 Å². The van der Waals surface area contributed by atoms with E-state index >= 15 is 0 Å². The second-order valence-corrected chi connectivity index (χ2v) is 7.86. The standard InChI is InChI=1S/C24H28N2O5/c1-2-30-19-9-7-18(8-10-19)24(11-13-29-14-12-24)17-25-22(27)15-26-20-5-3-4-6-21(20)31-16-23(26)28/h3-10H,2,11-17H2,1H3,(H,25,27). The van der Waals surface area contributed by atoms with E-state index in [0.717, 1.165) is 24.2 Å². The number of para-hydroxylation sites is 2. The Balaban J connectivity index is 1.45. The van der Waals surface area contributed by atoms with E-state index in [-0.39, 0.29) is 30.4 Å². The summed E-state index contributed by atoms with van der Waals surface area (Å²) in [4.78, 5) is 26.7. The Bertz CT molecular complexity index is 922. The van der Waals surface area contributed by atoms with Crippen molar-refractivity contribution in [1.29, 1.82) is 0 Å². The number of nitrogens with zero attached hydrogens (tertiary/aromatic N) is 1. The molecule has 2 amide bonds. The van der Waals surface area contributed by atoms with Gasteiger partial charge >= 0.3 is 0 Å². The lowest BCUT2D eigenvalue weighted by atomic mass is 9.74. The van der Waals surface area contributed by atoms with Gasteiger partial charge in [0.15, 0.2) is 6.61 Å². The van der Waals surface area contributed by atoms with Crippen LogP contribution in [0.5, 0.6) is 11.5 Å². The minimum Gasteiger partial charge on any atom is -0.494 e. The molecule has 1 fully saturated rings. The summed E-state index contributed by atoms with van der Waals surface area (Å²) in [6.45, 7) is 4.28. The fourth-order valence-corrected chi connectivity index (χ4v) is 4.20. The molecule has 2 heterocycles. The lowest BCUT2D eigenvalue weighted by molar-refractivity contribution is -0.125. The van der Waals surface area contributed by atoms with Crippen LogP contribution in [0.25, 0.3) is 0 Å². The predicted molar refractivity (Wildman–Crippen MR) is 117 cm³/mol. The molecule has 31 heavy (non-hydrogen) atoms. The van der Waals surface area contributed by atoms with Crippen LogP contribution >= 0.6 is 0 Å². The number of fused-ring (bicyclic) bond motifs is 1. The van der Waals surface area contributed by atoms with Crippen molar-refractivity contribution in [2.45, 2.75) is 25.2 Å². The van der Waals surface area contributed by atoms with Gasteiger partial charge in [0.25, 0.3) is 5.91 Å². The van der Waals surface area contributed by atoms with Crippen molar-refractivity contribution in [2.75, 3.05) is 44.4 Å². The number of nitrogens with one attached hydrogen (secondary N) is 1. The van der Waals surface area contributed by atoms with Gasteiger partial charge in [-0.1, -0.05) is 24.3 Å². The highest BCUT2D eigenvalue weighted by atomic mass is 16.5. The summed E-state index contributed by atoms with van der Waals surface area (Å²) in [6, 6.07) is 15.4. The number of hydrogen-bond donors (Lipinski definition) is 1. The molecule has 2 aromatic rings. The zero-order chi connectivity index (χ0) is 21.7. The van der Waals surface area contributed by atoms with Crippen molar-refractivity contribution in [1.82, 2.24) is 5.32 Å². The summed E-state index contributed by atoms with van der Waals surface area (Å²) in [5, 5.41) is 3.07. The number of amides is 2. The molecule has 2 aromatic carbocycles. The first-order chi connectivity index (χ1) is 15.1. The van der Waals surface area contributed by atoms with Crippen LogP contribution in [0, 0.1) is 0 Å². The van der Waals surface area contributed by atoms with Crippen molar-refractivity contribution < 1.29 is 23.8 Å². The second-order valence-electron chi connectivity index (χ2n) is 7.86. The molecule has 1 saturated heterocycles. The third kappa shape index (κ3) is 4.66. The lowest BCUT2D eigenvalue weighted by Crippen LogP contribution is -2.49. The van der Waals surface area contributed by atoms with Crippen LogP contribution in [0.2, 0.25) is 0 Å². The molecule has 0 bridgehead atoms. The number of carbonyl (C=O) groups is 2. The van der Waals surface area contributed by atoms with Crippen LogP contribution in [-0.4, -0.2) is 51.3 Å². The molecule has 164 valence electrons. The van der Waals surface area contributed by atoms with E-state index in [1.807, 2.05) is 31.2 Å². The summed E-state index contributed by atoms with van der Waals surface area (Å²) in [6.07, 6.45) is 1.64. The van der Waals surface area contributed by atoms with Crippen molar-refractivity contribution in [3.63, 3.8) is 0 Å². The Morgan fingerprint density at radius 3 is 2.61 bits per heavy atom. The van der Waals surface area contributed by atoms with Crippen molar-refractivity contribution >= 4 is 17.5 Å². The Labute approximate surface area is 182 Å². The molecule has 4 rings (SSSR count). The van der Waals surface area contributed by atoms with Gasteiger partial charge in [-0.3, -0.25) is 14.5 Å². The SMILES string of the molecule is CCOc1ccc(C2(CNC(=O)CN3C(=O)COc4ccccc43)CCOCC2)cc1. The average molecular weight is 424 g/mol. The summed E-state index contributed by atoms with van der Waals surface area (Å²) in [5.41, 5.74) is 1.58. The van der Waals surface area contributed by atoms with Crippen LogP contribution in [-0.2, 0) is 19.7 Å². The lowest BCUT2D eigenvalue weighted by Gasteiger charge is -2.38. The smallest absolute Gasteiger partial charge is 0.265 e. The monoisotopic (exact) mass is 424 g/mol. The van der Waals surface area contributed by atoms with Gasteiger partial charge in [-0.2, -0.15) is 0 Å². The highest BCUT2D eigenvalue weighted by molar-refractivity contribution is 6.02. The molecular formula is C24H28N2O5. The van der Waals surface area contributed by atoms with Crippen molar-refractivity contribution in [2.24, 2.45) is 0 Å². The number of carbonyl (C=O) groups excluding carboxylic acids is 2. The van der Waals surface area contributed by atoms with Gasteiger partial charge in [0.05, 0.1) is 12.3 Å². The van der Waals surface area contributed by atoms with Crippen LogP contribution < -0.4 is 19.7 Å². The third-order valence-electron chi connectivity index (χ3n) is 5.96. The minimum absolute atomic E-state index is 0.0327. The number of rotatable bonds is 7. The third-order valence-corrected chi connectivity index (χ3v) is 5.96. The maximum absolute atomic E-state index is 12.8. The predicted octanol–water partition coefficient (Wildman–Crippen LogP) is 2.68. The zero-order valence-electron chi connectivity index (χ0n) is 17.8. The van der Waals surface area contributed by atoms with Gasteiger partial charge < -0.3 is 19.5 Å². The largest absolute Gasteiger partial charge is 0.494 e. The van der Waals surface area contributed by atoms with Crippen LogP contribution in [0.4, 0.5) is 5.69 Å². The molecule has 7 nitrogen and oxygen atoms in total. The molecule has 7 heteroatoms. The first-order valence-corrected chi connectivity index (χ1v) is 10.7. The molecule has 0 radical (unpaired) electrons. The molecule has 0 saturated carbocycles. The van der Waals surface area contributed by atoms with Crippen LogP contribution in [0.1, 0.15) is 25.3 Å². The van der Waals surface area contributed by atoms with Gasteiger partial charge in [0, 0.05) is 25.2 Å². The highest BCUT2D eigenvalue weighted by Crippen LogP contribution is 2.35. The van der Waals surface area contributed by atoms with Gasteiger partial charge in [0.2, 0.25) is 5.91 Å². The highest BCUT2D eigenvalue weighted by Gasteiger charge is 2.35. The fourth-order valence-electron chi connectivity index (χ4n) is 4.20. The van der Waals surface area contributed by atoms with E-state index in [4.69, 9.17) is 14.2 Å². The number of ether oxygens (including phenoxy) is 3. The van der Waals surface area contributed by atoms with Gasteiger partial charge in [-0.25, -0.2) is 0 Å². The molecule has 0 aliphatic carbocycles. The van der Waals surface area contributed by atoms with Crippen molar-refractivity contribution in [3.8, 4) is 11.5 Å². The molecule has 0 atom stereocenters. The van der Waals surface area contributed by atoms with Crippen LogP contribution in [0.15, 0.2) is 48.5 Å². The maximum Gasteiger partial charge on any atom is 0.265 e. The molecule has 2 aliphatic rings. The Morgan fingerprint density at radius 1 is 1.13 bits per heavy atom. The number of benzene rings is 2. The van der Waals surface area contributed by atoms with Gasteiger partial charge in [-0.05, 0) is 49.6 Å². The van der Waals surface area contributed by atoms with Crippen LogP contribution in [0.3, 0.4) is 0 Å². The Hall–Kier alpha value is -3.06. The molecule has 1 N–H and O–H groups in total.